The summed E-state index contributed by atoms with van der Waals surface area (Å²) >= 11 is 0. The van der Waals surface area contributed by atoms with Gasteiger partial charge in [-0.25, -0.2) is 0 Å². The second-order valence-corrected chi connectivity index (χ2v) is 6.26. The van der Waals surface area contributed by atoms with Gasteiger partial charge in [-0.3, -0.25) is 0 Å². The van der Waals surface area contributed by atoms with Gasteiger partial charge in [0.05, 0.1) is 0 Å². The molecule has 0 saturated carbocycles. The number of hydrogen-bond acceptors (Lipinski definition) is 2. The molecule has 0 aliphatic rings. The molecule has 0 amide bonds. The van der Waals surface area contributed by atoms with Crippen molar-refractivity contribution in [3.8, 4) is 0 Å². The van der Waals surface area contributed by atoms with Crippen molar-refractivity contribution in [1.82, 2.24) is 5.32 Å². The van der Waals surface area contributed by atoms with Gasteiger partial charge in [0.1, 0.15) is 0 Å². The number of methoxy groups -OCH3 is 1. The van der Waals surface area contributed by atoms with E-state index < -0.39 is 0 Å². The van der Waals surface area contributed by atoms with E-state index in [9.17, 15) is 0 Å². The lowest BCUT2D eigenvalue weighted by Gasteiger charge is -2.26. The molecule has 2 heteroatoms. The third kappa shape index (κ3) is 10.4. The fraction of sp³-hybridized carbons (Fsp3) is 1.00. The molecule has 1 N–H and O–H groups in total. The highest BCUT2D eigenvalue weighted by Gasteiger charge is 2.15. The molecular weight excluding hydrogens is 198 g/mol. The molecule has 98 valence electrons. The Morgan fingerprint density at radius 1 is 1.19 bits per heavy atom. The summed E-state index contributed by atoms with van der Waals surface area (Å²) in [7, 11) is 1.78. The summed E-state index contributed by atoms with van der Waals surface area (Å²) in [6.07, 6.45) is 3.77. The molecule has 0 aromatic carbocycles. The van der Waals surface area contributed by atoms with E-state index in [1.165, 1.54) is 19.3 Å². The number of hydrogen-bond donors (Lipinski definition) is 1. The number of nitrogens with one attached hydrogen (secondary N) is 1. The van der Waals surface area contributed by atoms with E-state index in [0.29, 0.717) is 0 Å². The molecule has 16 heavy (non-hydrogen) atoms. The number of ether oxygens (including phenoxy) is 1. The monoisotopic (exact) mass is 229 g/mol. The molecule has 0 aromatic heterocycles. The maximum Gasteiger partial charge on any atom is 0.0462 e. The molecule has 0 aliphatic carbocycles. The highest BCUT2D eigenvalue weighted by molar-refractivity contribution is 4.74. The minimum atomic E-state index is 0.233. The van der Waals surface area contributed by atoms with Crippen LogP contribution in [0.4, 0.5) is 0 Å². The Balaban J connectivity index is 3.90. The first-order valence-electron chi connectivity index (χ1n) is 6.59. The van der Waals surface area contributed by atoms with Crippen molar-refractivity contribution in [2.75, 3.05) is 20.3 Å². The smallest absolute Gasteiger partial charge is 0.0462 e. The minimum absolute atomic E-state index is 0.233. The maximum absolute atomic E-state index is 5.12. The Kier molecular flexibility index (Phi) is 8.04. The Bertz CT molecular complexity index is 161. The topological polar surface area (TPSA) is 21.3 Å². The molecule has 1 unspecified atom stereocenters. The van der Waals surface area contributed by atoms with E-state index in [2.05, 4.69) is 39.9 Å². The van der Waals surface area contributed by atoms with Crippen LogP contribution in [0.15, 0.2) is 0 Å². The van der Waals surface area contributed by atoms with Crippen LogP contribution in [-0.4, -0.2) is 25.8 Å². The summed E-state index contributed by atoms with van der Waals surface area (Å²) in [6, 6.07) is 0. The van der Waals surface area contributed by atoms with Crippen LogP contribution >= 0.6 is 0 Å². The van der Waals surface area contributed by atoms with Gasteiger partial charge in [-0.15, -0.1) is 0 Å². The zero-order chi connectivity index (χ0) is 12.6. The van der Waals surface area contributed by atoms with Crippen LogP contribution < -0.4 is 5.32 Å². The normalized spacial score (nSPS) is 14.4. The molecule has 0 aromatic rings. The molecule has 0 aliphatic heterocycles. The predicted octanol–water partition coefficient (Wildman–Crippen LogP) is 3.46. The molecule has 0 rings (SSSR count). The van der Waals surface area contributed by atoms with Crippen LogP contribution in [0.25, 0.3) is 0 Å². The molecule has 2 nitrogen and oxygen atoms in total. The predicted molar refractivity (Wildman–Crippen MR) is 71.8 cm³/mol. The van der Waals surface area contributed by atoms with Crippen LogP contribution in [-0.2, 0) is 4.74 Å². The van der Waals surface area contributed by atoms with E-state index in [1.54, 1.807) is 7.11 Å². The molecule has 0 heterocycles. The lowest BCUT2D eigenvalue weighted by molar-refractivity contribution is 0.182. The average Bonchev–Trinajstić information content (AvgIpc) is 2.12. The average molecular weight is 229 g/mol. The maximum atomic E-state index is 5.12. The van der Waals surface area contributed by atoms with Gasteiger partial charge in [0.25, 0.3) is 0 Å². The fourth-order valence-corrected chi connectivity index (χ4v) is 1.94. The fourth-order valence-electron chi connectivity index (χ4n) is 1.94. The Labute approximate surface area is 102 Å². The van der Waals surface area contributed by atoms with Crippen molar-refractivity contribution in [2.24, 2.45) is 11.8 Å². The lowest BCUT2D eigenvalue weighted by atomic mass is 9.92. The van der Waals surface area contributed by atoms with Gasteiger partial charge in [-0.05, 0) is 58.4 Å². The van der Waals surface area contributed by atoms with Crippen molar-refractivity contribution < 1.29 is 4.74 Å². The summed E-state index contributed by atoms with van der Waals surface area (Å²) in [6.45, 7) is 13.3. The van der Waals surface area contributed by atoms with Crippen LogP contribution in [0, 0.1) is 11.8 Å². The Morgan fingerprint density at radius 3 is 2.25 bits per heavy atom. The first-order valence-corrected chi connectivity index (χ1v) is 6.59. The van der Waals surface area contributed by atoms with Crippen molar-refractivity contribution in [1.29, 1.82) is 0 Å². The Hall–Kier alpha value is -0.0800. The van der Waals surface area contributed by atoms with Crippen molar-refractivity contribution >= 4 is 0 Å². The molecule has 0 bridgehead atoms. The largest absolute Gasteiger partial charge is 0.385 e. The first-order chi connectivity index (χ1) is 7.35. The van der Waals surface area contributed by atoms with Crippen molar-refractivity contribution in [3.05, 3.63) is 0 Å². The number of rotatable bonds is 8. The zero-order valence-electron chi connectivity index (χ0n) is 12.1. The summed E-state index contributed by atoms with van der Waals surface area (Å²) in [5.41, 5.74) is 0.233. The standard InChI is InChI=1S/C14H31NO/c1-12(2)10-13(8-7-9-16-6)11-15-14(3,4)5/h12-13,15H,7-11H2,1-6H3. The minimum Gasteiger partial charge on any atom is -0.385 e. The third-order valence-electron chi connectivity index (χ3n) is 2.69. The highest BCUT2D eigenvalue weighted by Crippen LogP contribution is 2.17. The molecule has 0 fully saturated rings. The van der Waals surface area contributed by atoms with Gasteiger partial charge in [-0.2, -0.15) is 0 Å². The Morgan fingerprint density at radius 2 is 1.81 bits per heavy atom. The summed E-state index contributed by atoms with van der Waals surface area (Å²) in [5, 5.41) is 3.61. The zero-order valence-corrected chi connectivity index (χ0v) is 12.1. The molecule has 0 spiro atoms. The lowest BCUT2D eigenvalue weighted by Crippen LogP contribution is -2.39. The summed E-state index contributed by atoms with van der Waals surface area (Å²) in [4.78, 5) is 0. The van der Waals surface area contributed by atoms with E-state index in [1.807, 2.05) is 0 Å². The summed E-state index contributed by atoms with van der Waals surface area (Å²) < 4.78 is 5.12. The van der Waals surface area contributed by atoms with E-state index in [0.717, 1.165) is 25.0 Å². The molecule has 1 atom stereocenters. The molecule has 0 saturated heterocycles. The van der Waals surface area contributed by atoms with Crippen LogP contribution in [0.3, 0.4) is 0 Å². The quantitative estimate of drug-likeness (QED) is 0.644. The second kappa shape index (κ2) is 8.08. The highest BCUT2D eigenvalue weighted by atomic mass is 16.5. The molecular formula is C14H31NO. The second-order valence-electron chi connectivity index (χ2n) is 6.26. The van der Waals surface area contributed by atoms with E-state index in [4.69, 9.17) is 4.74 Å². The van der Waals surface area contributed by atoms with Gasteiger partial charge >= 0.3 is 0 Å². The van der Waals surface area contributed by atoms with Crippen LogP contribution in [0.1, 0.15) is 53.9 Å². The van der Waals surface area contributed by atoms with Gasteiger partial charge in [-0.1, -0.05) is 13.8 Å². The van der Waals surface area contributed by atoms with Crippen molar-refractivity contribution in [2.45, 2.75) is 59.4 Å². The van der Waals surface area contributed by atoms with Crippen LogP contribution in [0.2, 0.25) is 0 Å². The van der Waals surface area contributed by atoms with Crippen molar-refractivity contribution in [3.63, 3.8) is 0 Å². The van der Waals surface area contributed by atoms with Gasteiger partial charge in [0, 0.05) is 19.3 Å². The van der Waals surface area contributed by atoms with Gasteiger partial charge in [0.15, 0.2) is 0 Å². The SMILES string of the molecule is COCCCC(CNC(C)(C)C)CC(C)C. The van der Waals surface area contributed by atoms with E-state index in [-0.39, 0.29) is 5.54 Å². The third-order valence-corrected chi connectivity index (χ3v) is 2.69. The van der Waals surface area contributed by atoms with Gasteiger partial charge in [0.2, 0.25) is 0 Å². The molecule has 0 radical (unpaired) electrons. The summed E-state index contributed by atoms with van der Waals surface area (Å²) in [5.74, 6) is 1.57. The van der Waals surface area contributed by atoms with E-state index >= 15 is 0 Å². The first kappa shape index (κ1) is 15.9. The van der Waals surface area contributed by atoms with Crippen LogP contribution in [0.5, 0.6) is 0 Å². The van der Waals surface area contributed by atoms with Gasteiger partial charge < -0.3 is 10.1 Å².